The second kappa shape index (κ2) is 10.7. The highest BCUT2D eigenvalue weighted by atomic mass is 35.5. The van der Waals surface area contributed by atoms with E-state index in [4.69, 9.17) is 32.7 Å². The minimum Gasteiger partial charge on any atom is -0.478 e. The first-order valence-corrected chi connectivity index (χ1v) is 12.7. The third-order valence-electron chi connectivity index (χ3n) is 5.53. The molecule has 0 atom stereocenters. The van der Waals surface area contributed by atoms with Crippen LogP contribution < -0.4 is 0 Å². The highest BCUT2D eigenvalue weighted by Gasteiger charge is 2.34. The molecule has 0 unspecified atom stereocenters. The van der Waals surface area contributed by atoms with Crippen molar-refractivity contribution >= 4 is 63.8 Å². The summed E-state index contributed by atoms with van der Waals surface area (Å²) in [6, 6.07) is 24.6. The van der Waals surface area contributed by atoms with Crippen LogP contribution in [0.2, 0.25) is 10.0 Å². The Morgan fingerprint density at radius 3 is 2.46 bits per heavy atom. The van der Waals surface area contributed by atoms with Gasteiger partial charge in [0.25, 0.3) is 5.91 Å². The van der Waals surface area contributed by atoms with E-state index in [1.165, 1.54) is 23.9 Å². The van der Waals surface area contributed by atoms with Gasteiger partial charge in [-0.25, -0.2) is 9.79 Å². The molecular formula is C28H18Cl2N2O4S. The SMILES string of the molecule is O=C(O)c1ccc(CN2C(=O)/C(=C\c3ccc(-c4cccc(Cl)c4Cl)o3)SC2=Nc2ccccc2)cc1. The van der Waals surface area contributed by atoms with Crippen LogP contribution in [0.15, 0.2) is 99.2 Å². The van der Waals surface area contributed by atoms with Gasteiger partial charge in [0.15, 0.2) is 5.17 Å². The summed E-state index contributed by atoms with van der Waals surface area (Å²) in [4.78, 5) is 31.3. The van der Waals surface area contributed by atoms with Crippen LogP contribution in [0.1, 0.15) is 21.7 Å². The Hall–Kier alpha value is -3.78. The number of hydrogen-bond acceptors (Lipinski definition) is 5. The van der Waals surface area contributed by atoms with Gasteiger partial charge in [0.1, 0.15) is 11.5 Å². The lowest BCUT2D eigenvalue weighted by atomic mass is 10.1. The zero-order valence-electron chi connectivity index (χ0n) is 19.1. The number of rotatable bonds is 6. The smallest absolute Gasteiger partial charge is 0.335 e. The highest BCUT2D eigenvalue weighted by molar-refractivity contribution is 8.18. The third kappa shape index (κ3) is 5.49. The molecule has 37 heavy (non-hydrogen) atoms. The average molecular weight is 549 g/mol. The van der Waals surface area contributed by atoms with Gasteiger partial charge in [-0.15, -0.1) is 0 Å². The van der Waals surface area contributed by atoms with E-state index in [1.807, 2.05) is 30.3 Å². The van der Waals surface area contributed by atoms with Crippen LogP contribution in [0.3, 0.4) is 0 Å². The molecule has 0 radical (unpaired) electrons. The van der Waals surface area contributed by atoms with E-state index in [0.717, 1.165) is 5.56 Å². The molecule has 2 heterocycles. The maximum Gasteiger partial charge on any atom is 0.335 e. The summed E-state index contributed by atoms with van der Waals surface area (Å²) >= 11 is 13.7. The van der Waals surface area contributed by atoms with Gasteiger partial charge in [0.05, 0.1) is 32.7 Å². The van der Waals surface area contributed by atoms with Gasteiger partial charge in [0, 0.05) is 11.6 Å². The van der Waals surface area contributed by atoms with Crippen LogP contribution in [0.25, 0.3) is 17.4 Å². The van der Waals surface area contributed by atoms with Crippen molar-refractivity contribution in [1.29, 1.82) is 0 Å². The summed E-state index contributed by atoms with van der Waals surface area (Å²) in [5, 5.41) is 10.5. The van der Waals surface area contributed by atoms with Crippen LogP contribution in [-0.2, 0) is 11.3 Å². The number of halogens is 2. The third-order valence-corrected chi connectivity index (χ3v) is 7.35. The lowest BCUT2D eigenvalue weighted by molar-refractivity contribution is -0.122. The number of furan rings is 1. The zero-order valence-corrected chi connectivity index (χ0v) is 21.4. The Morgan fingerprint density at radius 2 is 1.73 bits per heavy atom. The number of aliphatic imine (C=N–C) groups is 1. The van der Waals surface area contributed by atoms with Crippen molar-refractivity contribution in [2.75, 3.05) is 0 Å². The minimum atomic E-state index is -1.01. The van der Waals surface area contributed by atoms with Crippen LogP contribution >= 0.6 is 35.0 Å². The first kappa shape index (κ1) is 24.9. The minimum absolute atomic E-state index is 0.179. The molecule has 1 aliphatic heterocycles. The van der Waals surface area contributed by atoms with Crippen LogP contribution in [0.5, 0.6) is 0 Å². The Labute approximate surface area is 226 Å². The lowest BCUT2D eigenvalue weighted by Gasteiger charge is -2.16. The summed E-state index contributed by atoms with van der Waals surface area (Å²) in [7, 11) is 0. The molecule has 1 amide bonds. The maximum absolute atomic E-state index is 13.4. The van der Waals surface area contributed by atoms with E-state index in [9.17, 15) is 9.59 Å². The number of benzene rings is 3. The first-order chi connectivity index (χ1) is 17.9. The molecule has 1 saturated heterocycles. The number of carboxylic acids is 1. The highest BCUT2D eigenvalue weighted by Crippen LogP contribution is 2.38. The maximum atomic E-state index is 13.4. The number of aromatic carboxylic acids is 1. The quantitative estimate of drug-likeness (QED) is 0.249. The molecule has 0 spiro atoms. The number of carbonyl (C=O) groups is 2. The molecule has 1 fully saturated rings. The van der Waals surface area contributed by atoms with Gasteiger partial charge in [-0.2, -0.15) is 0 Å². The standard InChI is InChI=1S/C28H18Cl2N2O4S/c29-22-8-4-7-21(25(22)30)23-14-13-20(36-23)15-24-26(33)32(16-17-9-11-18(12-10-17)27(34)35)28(37-24)31-19-5-2-1-3-6-19/h1-15H,16H2,(H,34,35)/b24-15+,31-28?. The van der Waals surface area contributed by atoms with Crippen molar-refractivity contribution in [2.24, 2.45) is 4.99 Å². The number of carbonyl (C=O) groups excluding carboxylic acids is 1. The summed E-state index contributed by atoms with van der Waals surface area (Å²) in [5.74, 6) is -0.231. The topological polar surface area (TPSA) is 83.1 Å². The fraction of sp³-hybridized carbons (Fsp3) is 0.0357. The molecule has 1 N–H and O–H groups in total. The van der Waals surface area contributed by atoms with Crippen LogP contribution in [0.4, 0.5) is 5.69 Å². The van der Waals surface area contributed by atoms with Crippen molar-refractivity contribution in [2.45, 2.75) is 6.54 Å². The number of amides is 1. The van der Waals surface area contributed by atoms with Gasteiger partial charge in [-0.05, 0) is 65.9 Å². The molecule has 184 valence electrons. The van der Waals surface area contributed by atoms with E-state index in [1.54, 1.807) is 53.4 Å². The molecule has 6 nitrogen and oxygen atoms in total. The first-order valence-electron chi connectivity index (χ1n) is 11.1. The van der Waals surface area contributed by atoms with Crippen molar-refractivity contribution in [3.8, 4) is 11.3 Å². The summed E-state index contributed by atoms with van der Waals surface area (Å²) in [6.45, 7) is 0.232. The Bertz CT molecular complexity index is 1550. The van der Waals surface area contributed by atoms with E-state index in [0.29, 0.717) is 42.9 Å². The number of hydrogen-bond donors (Lipinski definition) is 1. The van der Waals surface area contributed by atoms with Crippen molar-refractivity contribution < 1.29 is 19.1 Å². The number of thioether (sulfide) groups is 1. The predicted octanol–water partition coefficient (Wildman–Crippen LogP) is 7.76. The van der Waals surface area contributed by atoms with Crippen LogP contribution in [-0.4, -0.2) is 27.1 Å². The van der Waals surface area contributed by atoms with Gasteiger partial charge in [-0.1, -0.05) is 59.6 Å². The summed E-state index contributed by atoms with van der Waals surface area (Å²) in [6.07, 6.45) is 1.67. The molecule has 0 saturated carbocycles. The molecular weight excluding hydrogens is 531 g/mol. The fourth-order valence-corrected chi connectivity index (χ4v) is 5.05. The molecule has 0 aliphatic carbocycles. The fourth-order valence-electron chi connectivity index (χ4n) is 3.68. The van der Waals surface area contributed by atoms with E-state index in [2.05, 4.69) is 4.99 Å². The summed E-state index contributed by atoms with van der Waals surface area (Å²) in [5.41, 5.74) is 2.32. The number of amidine groups is 1. The second-order valence-electron chi connectivity index (χ2n) is 8.04. The van der Waals surface area contributed by atoms with E-state index in [-0.39, 0.29) is 18.0 Å². The van der Waals surface area contributed by atoms with Crippen molar-refractivity contribution in [1.82, 2.24) is 4.90 Å². The Morgan fingerprint density at radius 1 is 0.973 bits per heavy atom. The Kier molecular flexibility index (Phi) is 7.19. The van der Waals surface area contributed by atoms with Crippen LogP contribution in [0, 0.1) is 0 Å². The normalized spacial score (nSPS) is 15.6. The van der Waals surface area contributed by atoms with E-state index < -0.39 is 5.97 Å². The van der Waals surface area contributed by atoms with Gasteiger partial charge >= 0.3 is 5.97 Å². The lowest BCUT2D eigenvalue weighted by Crippen LogP contribution is -2.28. The van der Waals surface area contributed by atoms with Gasteiger partial charge in [-0.3, -0.25) is 9.69 Å². The Balaban J connectivity index is 1.46. The molecule has 9 heteroatoms. The molecule has 0 bridgehead atoms. The predicted molar refractivity (Wildman–Crippen MR) is 147 cm³/mol. The number of carboxylic acid groups (broad SMARTS) is 1. The summed E-state index contributed by atoms with van der Waals surface area (Å²) < 4.78 is 5.96. The monoisotopic (exact) mass is 548 g/mol. The van der Waals surface area contributed by atoms with Crippen molar-refractivity contribution in [3.63, 3.8) is 0 Å². The molecule has 1 aromatic heterocycles. The van der Waals surface area contributed by atoms with Crippen molar-refractivity contribution in [3.05, 3.63) is 117 Å². The van der Waals surface area contributed by atoms with E-state index >= 15 is 0 Å². The molecule has 3 aromatic carbocycles. The van der Waals surface area contributed by atoms with Gasteiger partial charge < -0.3 is 9.52 Å². The largest absolute Gasteiger partial charge is 0.478 e. The van der Waals surface area contributed by atoms with Gasteiger partial charge in [0.2, 0.25) is 0 Å². The zero-order chi connectivity index (χ0) is 25.9. The molecule has 5 rings (SSSR count). The number of para-hydroxylation sites is 1. The number of nitrogens with zero attached hydrogens (tertiary/aromatic N) is 2. The molecule has 1 aliphatic rings. The molecule has 4 aromatic rings. The second-order valence-corrected chi connectivity index (χ2v) is 9.83. The average Bonchev–Trinajstić information content (AvgIpc) is 3.47.